The first-order valence-corrected chi connectivity index (χ1v) is 8.43. The van der Waals surface area contributed by atoms with Gasteiger partial charge in [-0.05, 0) is 22.6 Å². The summed E-state index contributed by atoms with van der Waals surface area (Å²) in [5.74, 6) is 0. The third-order valence-electron chi connectivity index (χ3n) is 2.94. The third kappa shape index (κ3) is 3.83. The van der Waals surface area contributed by atoms with Gasteiger partial charge in [-0.15, -0.1) is 0 Å². The Hall–Kier alpha value is -0.600. The van der Waals surface area contributed by atoms with Gasteiger partial charge in [-0.1, -0.05) is 0 Å². The number of phosphoric acid groups is 1. The van der Waals surface area contributed by atoms with Crippen LogP contribution in [0.5, 0.6) is 0 Å². The highest BCUT2D eigenvalue weighted by atomic mass is 127. The molecule has 124 valence electrons. The molecule has 0 saturated carbocycles. The SMILES string of the molecule is O=c1[nH]c(=O)n([C@@H]2O[C@H](COP(=O)(O)O)[C@H](O)[C@@H]2O)cc1I. The lowest BCUT2D eigenvalue weighted by atomic mass is 10.1. The zero-order valence-electron chi connectivity index (χ0n) is 10.7. The van der Waals surface area contributed by atoms with Crippen molar-refractivity contribution in [3.63, 3.8) is 0 Å². The summed E-state index contributed by atoms with van der Waals surface area (Å²) in [7, 11) is -4.77. The second-order valence-corrected chi connectivity index (χ2v) is 6.88. The van der Waals surface area contributed by atoms with E-state index in [0.717, 1.165) is 10.8 Å². The third-order valence-corrected chi connectivity index (χ3v) is 4.20. The van der Waals surface area contributed by atoms with E-state index in [4.69, 9.17) is 14.5 Å². The van der Waals surface area contributed by atoms with Crippen LogP contribution in [0.15, 0.2) is 15.8 Å². The van der Waals surface area contributed by atoms with Crippen LogP contribution < -0.4 is 11.2 Å². The molecule has 11 nitrogen and oxygen atoms in total. The molecular weight excluding hydrogens is 438 g/mol. The van der Waals surface area contributed by atoms with Gasteiger partial charge in [0, 0.05) is 6.20 Å². The number of hydrogen-bond donors (Lipinski definition) is 5. The van der Waals surface area contributed by atoms with E-state index < -0.39 is 50.2 Å². The van der Waals surface area contributed by atoms with E-state index in [1.807, 2.05) is 4.98 Å². The number of aliphatic hydroxyl groups is 2. The molecule has 22 heavy (non-hydrogen) atoms. The number of hydrogen-bond acceptors (Lipinski definition) is 7. The molecule has 1 aromatic heterocycles. The van der Waals surface area contributed by atoms with Gasteiger partial charge in [0.2, 0.25) is 0 Å². The maximum absolute atomic E-state index is 11.7. The normalized spacial score (nSPS) is 29.0. The number of aromatic nitrogens is 2. The highest BCUT2D eigenvalue weighted by molar-refractivity contribution is 14.1. The van der Waals surface area contributed by atoms with E-state index in [-0.39, 0.29) is 3.57 Å². The monoisotopic (exact) mass is 450 g/mol. The molecule has 1 aliphatic heterocycles. The number of halogens is 1. The molecule has 0 aromatic carbocycles. The molecule has 2 rings (SSSR count). The fraction of sp³-hybridized carbons (Fsp3) is 0.556. The smallest absolute Gasteiger partial charge is 0.387 e. The largest absolute Gasteiger partial charge is 0.469 e. The Labute approximate surface area is 135 Å². The van der Waals surface area contributed by atoms with Crippen molar-refractivity contribution >= 4 is 30.4 Å². The molecule has 0 aliphatic carbocycles. The lowest BCUT2D eigenvalue weighted by Gasteiger charge is -2.17. The first kappa shape index (κ1) is 17.7. The van der Waals surface area contributed by atoms with Gasteiger partial charge in [0.05, 0.1) is 10.2 Å². The fourth-order valence-electron chi connectivity index (χ4n) is 1.92. The van der Waals surface area contributed by atoms with Crippen molar-refractivity contribution in [1.82, 2.24) is 9.55 Å². The van der Waals surface area contributed by atoms with Crippen LogP contribution in [0, 0.1) is 3.57 Å². The summed E-state index contributed by atoms with van der Waals surface area (Å²) in [5, 5.41) is 19.7. The van der Waals surface area contributed by atoms with Gasteiger partial charge in [0.1, 0.15) is 18.3 Å². The quantitative estimate of drug-likeness (QED) is 0.254. The average molecular weight is 450 g/mol. The number of rotatable bonds is 4. The average Bonchev–Trinajstić information content (AvgIpc) is 2.68. The summed E-state index contributed by atoms with van der Waals surface area (Å²) in [6.07, 6.45) is -4.55. The van der Waals surface area contributed by atoms with E-state index in [2.05, 4.69) is 4.52 Å². The van der Waals surface area contributed by atoms with Gasteiger partial charge in [-0.3, -0.25) is 18.9 Å². The Morgan fingerprint density at radius 1 is 1.36 bits per heavy atom. The Kier molecular flexibility index (Phi) is 5.23. The van der Waals surface area contributed by atoms with Crippen molar-refractivity contribution in [2.24, 2.45) is 0 Å². The Bertz CT molecular complexity index is 712. The molecule has 1 fully saturated rings. The second kappa shape index (κ2) is 6.49. The predicted octanol–water partition coefficient (Wildman–Crippen LogP) is -2.13. The summed E-state index contributed by atoms with van der Waals surface area (Å²) in [6, 6.07) is 0. The zero-order valence-corrected chi connectivity index (χ0v) is 13.7. The van der Waals surface area contributed by atoms with Gasteiger partial charge in [0.25, 0.3) is 5.56 Å². The number of H-pyrrole nitrogens is 1. The Morgan fingerprint density at radius 2 is 2.00 bits per heavy atom. The molecule has 5 N–H and O–H groups in total. The van der Waals surface area contributed by atoms with Gasteiger partial charge >= 0.3 is 13.5 Å². The number of phosphoric ester groups is 1. The highest BCUT2D eigenvalue weighted by Gasteiger charge is 2.45. The minimum absolute atomic E-state index is 0.150. The minimum Gasteiger partial charge on any atom is -0.387 e. The van der Waals surface area contributed by atoms with E-state index in [1.54, 1.807) is 22.6 Å². The predicted molar refractivity (Wildman–Crippen MR) is 78.0 cm³/mol. The van der Waals surface area contributed by atoms with Crippen molar-refractivity contribution in [2.75, 3.05) is 6.61 Å². The molecule has 2 heterocycles. The van der Waals surface area contributed by atoms with Crippen LogP contribution in [0.3, 0.4) is 0 Å². The van der Waals surface area contributed by atoms with Crippen LogP contribution in [-0.2, 0) is 13.8 Å². The number of aromatic amines is 1. The Balaban J connectivity index is 2.23. The van der Waals surface area contributed by atoms with Crippen molar-refractivity contribution < 1.29 is 33.8 Å². The highest BCUT2D eigenvalue weighted by Crippen LogP contribution is 2.38. The van der Waals surface area contributed by atoms with E-state index in [1.165, 1.54) is 0 Å². The molecule has 0 amide bonds. The number of nitrogens with zero attached hydrogens (tertiary/aromatic N) is 1. The second-order valence-electron chi connectivity index (χ2n) is 4.48. The van der Waals surface area contributed by atoms with Crippen LogP contribution in [0.25, 0.3) is 0 Å². The number of aliphatic hydroxyl groups excluding tert-OH is 2. The molecule has 13 heteroatoms. The fourth-order valence-corrected chi connectivity index (χ4v) is 2.69. The van der Waals surface area contributed by atoms with E-state index in [9.17, 15) is 24.4 Å². The molecule has 0 radical (unpaired) electrons. The van der Waals surface area contributed by atoms with Gasteiger partial charge in [0.15, 0.2) is 6.23 Å². The topological polar surface area (TPSA) is 171 Å². The molecule has 4 atom stereocenters. The van der Waals surface area contributed by atoms with E-state index in [0.29, 0.717) is 0 Å². The molecular formula is C9H12IN2O9P. The van der Waals surface area contributed by atoms with Gasteiger partial charge < -0.3 is 24.7 Å². The van der Waals surface area contributed by atoms with Gasteiger partial charge in [-0.25, -0.2) is 9.36 Å². The molecule has 0 bridgehead atoms. The molecule has 0 unspecified atom stereocenters. The summed E-state index contributed by atoms with van der Waals surface area (Å²) in [6.45, 7) is -0.686. The van der Waals surface area contributed by atoms with Gasteiger partial charge in [-0.2, -0.15) is 0 Å². The van der Waals surface area contributed by atoms with Crippen LogP contribution >= 0.6 is 30.4 Å². The first-order valence-electron chi connectivity index (χ1n) is 5.83. The minimum atomic E-state index is -4.77. The lowest BCUT2D eigenvalue weighted by Crippen LogP contribution is -2.38. The summed E-state index contributed by atoms with van der Waals surface area (Å²) in [5.41, 5.74) is -1.48. The van der Waals surface area contributed by atoms with Crippen molar-refractivity contribution in [1.29, 1.82) is 0 Å². The van der Waals surface area contributed by atoms with Crippen molar-refractivity contribution in [2.45, 2.75) is 24.5 Å². The van der Waals surface area contributed by atoms with Crippen molar-refractivity contribution in [3.8, 4) is 0 Å². The number of nitrogens with one attached hydrogen (secondary N) is 1. The van der Waals surface area contributed by atoms with Crippen LogP contribution in [-0.4, -0.2) is 54.5 Å². The molecule has 1 aliphatic rings. The molecule has 0 spiro atoms. The summed E-state index contributed by atoms with van der Waals surface area (Å²) in [4.78, 5) is 42.3. The van der Waals surface area contributed by atoms with E-state index >= 15 is 0 Å². The maximum atomic E-state index is 11.7. The first-order chi connectivity index (χ1) is 10.1. The lowest BCUT2D eigenvalue weighted by molar-refractivity contribution is -0.0544. The molecule has 1 aromatic rings. The van der Waals surface area contributed by atoms with Crippen LogP contribution in [0.4, 0.5) is 0 Å². The maximum Gasteiger partial charge on any atom is 0.469 e. The standard InChI is InChI=1S/C9H12IN2O9P/c10-3-1-12(9(16)11-7(3)15)8-6(14)5(13)4(21-8)2-20-22(17,18)19/h1,4-6,8,13-14H,2H2,(H,11,15,16)(H2,17,18,19)/t4-,5+,6+,8-/m1/s1. The van der Waals surface area contributed by atoms with Crippen molar-refractivity contribution in [3.05, 3.63) is 30.6 Å². The Morgan fingerprint density at radius 3 is 2.59 bits per heavy atom. The summed E-state index contributed by atoms with van der Waals surface area (Å²) < 4.78 is 21.1. The van der Waals surface area contributed by atoms with Crippen LogP contribution in [0.2, 0.25) is 0 Å². The van der Waals surface area contributed by atoms with Crippen LogP contribution in [0.1, 0.15) is 6.23 Å². The molecule has 1 saturated heterocycles. The summed E-state index contributed by atoms with van der Waals surface area (Å²) >= 11 is 1.67. The number of ether oxygens (including phenoxy) is 1. The zero-order chi connectivity index (χ0) is 16.7.